The maximum atomic E-state index is 9.50. The van der Waals surface area contributed by atoms with Gasteiger partial charge in [0.2, 0.25) is 0 Å². The van der Waals surface area contributed by atoms with E-state index in [1.54, 1.807) is 20.1 Å². The van der Waals surface area contributed by atoms with E-state index in [1.165, 1.54) is 0 Å². The molecule has 1 N–H and O–H groups in total. The first-order valence-electron chi connectivity index (χ1n) is 5.31. The van der Waals surface area contributed by atoms with Crippen LogP contribution in [0, 0.1) is 0 Å². The molecule has 4 nitrogen and oxygen atoms in total. The van der Waals surface area contributed by atoms with Gasteiger partial charge in [-0.15, -0.1) is 0 Å². The van der Waals surface area contributed by atoms with Crippen molar-refractivity contribution < 1.29 is 19.3 Å². The molecular weight excluding hydrogens is 208 g/mol. The van der Waals surface area contributed by atoms with E-state index in [0.717, 1.165) is 5.56 Å². The molecule has 88 valence electrons. The molecule has 1 aliphatic heterocycles. The van der Waals surface area contributed by atoms with Gasteiger partial charge in [0, 0.05) is 0 Å². The quantitative estimate of drug-likeness (QED) is 0.842. The Morgan fingerprint density at radius 3 is 2.62 bits per heavy atom. The maximum absolute atomic E-state index is 9.50. The van der Waals surface area contributed by atoms with Crippen LogP contribution in [0.2, 0.25) is 0 Å². The highest BCUT2D eigenvalue weighted by Gasteiger charge is 2.22. The van der Waals surface area contributed by atoms with Crippen molar-refractivity contribution in [3.63, 3.8) is 0 Å². The van der Waals surface area contributed by atoms with Crippen LogP contribution in [0.3, 0.4) is 0 Å². The lowest BCUT2D eigenvalue weighted by Gasteiger charge is -2.27. The monoisotopic (exact) mass is 224 g/mol. The molecule has 1 aliphatic rings. The minimum absolute atomic E-state index is 0.0955. The Morgan fingerprint density at radius 1 is 1.38 bits per heavy atom. The van der Waals surface area contributed by atoms with Gasteiger partial charge in [0.15, 0.2) is 11.5 Å². The van der Waals surface area contributed by atoms with Crippen LogP contribution >= 0.6 is 0 Å². The van der Waals surface area contributed by atoms with Crippen LogP contribution in [0.15, 0.2) is 18.2 Å². The number of methoxy groups -OCH3 is 1. The number of aliphatic hydroxyl groups excluding tert-OH is 1. The smallest absolute Gasteiger partial charge is 0.162 e. The molecule has 4 heteroatoms. The molecular formula is C12H16O4. The summed E-state index contributed by atoms with van der Waals surface area (Å²) in [5.41, 5.74) is 0.816. The van der Waals surface area contributed by atoms with E-state index in [2.05, 4.69) is 0 Å². The molecule has 1 heterocycles. The number of aliphatic hydroxyl groups is 1. The van der Waals surface area contributed by atoms with E-state index in [1.807, 2.05) is 12.1 Å². The fourth-order valence-electron chi connectivity index (χ4n) is 1.51. The molecule has 0 saturated carbocycles. The third-order valence-corrected chi connectivity index (χ3v) is 2.57. The topological polar surface area (TPSA) is 47.9 Å². The first-order valence-corrected chi connectivity index (χ1v) is 5.31. The average molecular weight is 224 g/mol. The zero-order valence-corrected chi connectivity index (χ0v) is 9.47. The van der Waals surface area contributed by atoms with Crippen LogP contribution < -0.4 is 9.47 Å². The molecule has 1 aromatic rings. The summed E-state index contributed by atoms with van der Waals surface area (Å²) < 4.78 is 15.9. The highest BCUT2D eigenvalue weighted by molar-refractivity contribution is 5.43. The van der Waals surface area contributed by atoms with Gasteiger partial charge in [-0.3, -0.25) is 0 Å². The molecule has 1 aromatic carbocycles. The summed E-state index contributed by atoms with van der Waals surface area (Å²) >= 11 is 0. The molecule has 0 amide bonds. The van der Waals surface area contributed by atoms with Crippen molar-refractivity contribution in [2.75, 3.05) is 20.3 Å². The van der Waals surface area contributed by atoms with Crippen molar-refractivity contribution >= 4 is 0 Å². The van der Waals surface area contributed by atoms with Gasteiger partial charge in [-0.2, -0.15) is 0 Å². The highest BCUT2D eigenvalue weighted by Crippen LogP contribution is 2.31. The van der Waals surface area contributed by atoms with Crippen molar-refractivity contribution in [1.82, 2.24) is 0 Å². The van der Waals surface area contributed by atoms with Gasteiger partial charge in [0.05, 0.1) is 26.4 Å². The molecule has 1 unspecified atom stereocenters. The fraction of sp³-hybridized carbons (Fsp3) is 0.500. The van der Waals surface area contributed by atoms with Crippen LogP contribution in [0.25, 0.3) is 0 Å². The van der Waals surface area contributed by atoms with Gasteiger partial charge in [-0.25, -0.2) is 0 Å². The van der Waals surface area contributed by atoms with Crippen molar-refractivity contribution in [1.29, 1.82) is 0 Å². The summed E-state index contributed by atoms with van der Waals surface area (Å²) in [6.07, 6.45) is -0.413. The molecule has 1 atom stereocenters. The van der Waals surface area contributed by atoms with Crippen molar-refractivity contribution in [3.8, 4) is 11.5 Å². The molecule has 2 rings (SSSR count). The van der Waals surface area contributed by atoms with E-state index < -0.39 is 6.10 Å². The molecule has 16 heavy (non-hydrogen) atoms. The zero-order valence-electron chi connectivity index (χ0n) is 9.47. The van der Waals surface area contributed by atoms with Gasteiger partial charge < -0.3 is 19.3 Å². The molecule has 0 radical (unpaired) electrons. The van der Waals surface area contributed by atoms with Gasteiger partial charge in [-0.05, 0) is 24.6 Å². The van der Waals surface area contributed by atoms with E-state index in [-0.39, 0.29) is 6.10 Å². The Hall–Kier alpha value is -1.26. The van der Waals surface area contributed by atoms with Crippen LogP contribution in [-0.2, 0) is 4.74 Å². The Morgan fingerprint density at radius 2 is 2.12 bits per heavy atom. The number of benzene rings is 1. The number of hydrogen-bond acceptors (Lipinski definition) is 4. The molecule has 0 aliphatic carbocycles. The molecule has 0 bridgehead atoms. The van der Waals surface area contributed by atoms with E-state index in [4.69, 9.17) is 14.2 Å². The number of ether oxygens (including phenoxy) is 3. The lowest BCUT2D eigenvalue weighted by molar-refractivity contribution is -0.0804. The standard InChI is InChI=1S/C12H16O4/c1-8(13)9-3-4-11(14-2)12(5-9)16-10-6-15-7-10/h3-5,8,10,13H,6-7H2,1-2H3. The highest BCUT2D eigenvalue weighted by atomic mass is 16.6. The summed E-state index contributed by atoms with van der Waals surface area (Å²) in [4.78, 5) is 0. The van der Waals surface area contributed by atoms with Gasteiger partial charge >= 0.3 is 0 Å². The molecule has 1 fully saturated rings. The SMILES string of the molecule is COc1ccc(C(C)O)cc1OC1COC1. The minimum Gasteiger partial charge on any atom is -0.493 e. The third-order valence-electron chi connectivity index (χ3n) is 2.57. The minimum atomic E-state index is -0.508. The summed E-state index contributed by atoms with van der Waals surface area (Å²) in [7, 11) is 1.60. The lowest BCUT2D eigenvalue weighted by atomic mass is 10.1. The summed E-state index contributed by atoms with van der Waals surface area (Å²) in [5.74, 6) is 1.34. The second kappa shape index (κ2) is 4.72. The van der Waals surface area contributed by atoms with Gasteiger partial charge in [0.25, 0.3) is 0 Å². The van der Waals surface area contributed by atoms with Crippen LogP contribution in [0.1, 0.15) is 18.6 Å². The maximum Gasteiger partial charge on any atom is 0.162 e. The normalized spacial score (nSPS) is 17.7. The predicted molar refractivity (Wildman–Crippen MR) is 58.9 cm³/mol. The summed E-state index contributed by atoms with van der Waals surface area (Å²) in [5, 5.41) is 9.50. The Bertz CT molecular complexity index is 358. The third kappa shape index (κ3) is 2.28. The fourth-order valence-corrected chi connectivity index (χ4v) is 1.51. The predicted octanol–water partition coefficient (Wildman–Crippen LogP) is 1.53. The van der Waals surface area contributed by atoms with E-state index >= 15 is 0 Å². The van der Waals surface area contributed by atoms with Crippen LogP contribution in [0.5, 0.6) is 11.5 Å². The van der Waals surface area contributed by atoms with Gasteiger partial charge in [0.1, 0.15) is 6.10 Å². The Balaban J connectivity index is 2.20. The van der Waals surface area contributed by atoms with E-state index in [9.17, 15) is 5.11 Å². The van der Waals surface area contributed by atoms with E-state index in [0.29, 0.717) is 24.7 Å². The zero-order chi connectivity index (χ0) is 11.5. The number of rotatable bonds is 4. The first kappa shape index (κ1) is 11.2. The lowest BCUT2D eigenvalue weighted by Crippen LogP contribution is -2.38. The van der Waals surface area contributed by atoms with Crippen molar-refractivity contribution in [3.05, 3.63) is 23.8 Å². The summed E-state index contributed by atoms with van der Waals surface area (Å²) in [6, 6.07) is 5.44. The molecule has 1 saturated heterocycles. The average Bonchev–Trinajstić information content (AvgIpc) is 2.23. The second-order valence-electron chi connectivity index (χ2n) is 3.86. The van der Waals surface area contributed by atoms with Crippen LogP contribution in [0.4, 0.5) is 0 Å². The molecule has 0 spiro atoms. The second-order valence-corrected chi connectivity index (χ2v) is 3.86. The van der Waals surface area contributed by atoms with Crippen LogP contribution in [-0.4, -0.2) is 31.5 Å². The van der Waals surface area contributed by atoms with Crippen molar-refractivity contribution in [2.45, 2.75) is 19.1 Å². The summed E-state index contributed by atoms with van der Waals surface area (Å²) in [6.45, 7) is 2.95. The Kier molecular flexibility index (Phi) is 3.31. The van der Waals surface area contributed by atoms with Crippen molar-refractivity contribution in [2.24, 2.45) is 0 Å². The first-order chi connectivity index (χ1) is 7.70. The largest absolute Gasteiger partial charge is 0.493 e. The Labute approximate surface area is 94.8 Å². The van der Waals surface area contributed by atoms with Gasteiger partial charge in [-0.1, -0.05) is 6.07 Å². The molecule has 0 aromatic heterocycles. The number of hydrogen-bond donors (Lipinski definition) is 1.